The van der Waals surface area contributed by atoms with Crippen molar-refractivity contribution >= 4 is 18.0 Å². The second-order valence-electron chi connectivity index (χ2n) is 11.1. The molecular weight excluding hydrogens is 518 g/mol. The van der Waals surface area contributed by atoms with Gasteiger partial charge in [0.15, 0.2) is 0 Å². The third kappa shape index (κ3) is 6.95. The molecule has 3 aromatic carbocycles. The lowest BCUT2D eigenvalue weighted by molar-refractivity contribution is -0.137. The Balaban J connectivity index is 1.15. The van der Waals surface area contributed by atoms with E-state index in [0.717, 1.165) is 41.9 Å². The van der Waals surface area contributed by atoms with Crippen LogP contribution in [0.1, 0.15) is 42.4 Å². The van der Waals surface area contributed by atoms with Crippen molar-refractivity contribution in [1.29, 1.82) is 0 Å². The van der Waals surface area contributed by atoms with Gasteiger partial charge in [0.05, 0.1) is 0 Å². The maximum Gasteiger partial charge on any atom is 0.407 e. The highest BCUT2D eigenvalue weighted by Gasteiger charge is 2.32. The number of ether oxygens (including phenoxy) is 1. The number of nitrogens with one attached hydrogen (secondary N) is 2. The number of aliphatic carboxylic acids is 1. The van der Waals surface area contributed by atoms with E-state index in [1.54, 1.807) is 0 Å². The van der Waals surface area contributed by atoms with Gasteiger partial charge in [0.1, 0.15) is 12.6 Å². The first-order chi connectivity index (χ1) is 19.9. The van der Waals surface area contributed by atoms with Crippen molar-refractivity contribution in [2.75, 3.05) is 26.2 Å². The van der Waals surface area contributed by atoms with E-state index in [4.69, 9.17) is 4.74 Å². The van der Waals surface area contributed by atoms with E-state index in [9.17, 15) is 19.5 Å². The van der Waals surface area contributed by atoms with Crippen molar-refractivity contribution in [1.82, 2.24) is 15.5 Å². The summed E-state index contributed by atoms with van der Waals surface area (Å²) >= 11 is 0. The number of hydrogen-bond donors (Lipinski definition) is 3. The van der Waals surface area contributed by atoms with Crippen molar-refractivity contribution < 1.29 is 24.2 Å². The SMILES string of the molecule is CC1CN(Cc2ccccc2)CC1CNC(=O)C(CCC(=O)O)NC(=O)OCC1c2ccccc2-c2ccccc21. The molecule has 1 saturated heterocycles. The van der Waals surface area contributed by atoms with E-state index >= 15 is 0 Å². The van der Waals surface area contributed by atoms with Crippen LogP contribution in [0.25, 0.3) is 11.1 Å². The number of benzene rings is 3. The number of carboxylic acid groups (broad SMARTS) is 1. The predicted octanol–water partition coefficient (Wildman–Crippen LogP) is 4.64. The number of carbonyl (C=O) groups is 3. The van der Waals surface area contributed by atoms with E-state index in [-0.39, 0.29) is 31.3 Å². The van der Waals surface area contributed by atoms with Crippen LogP contribution in [0.5, 0.6) is 0 Å². The summed E-state index contributed by atoms with van der Waals surface area (Å²) in [6, 6.07) is 25.4. The summed E-state index contributed by atoms with van der Waals surface area (Å²) in [6.07, 6.45) is -1.00. The molecule has 8 heteroatoms. The van der Waals surface area contributed by atoms with Crippen LogP contribution in [-0.4, -0.2) is 60.3 Å². The molecule has 0 spiro atoms. The number of alkyl carbamates (subject to hydrolysis) is 1. The molecular formula is C33H37N3O5. The molecule has 2 amide bonds. The topological polar surface area (TPSA) is 108 Å². The molecule has 0 radical (unpaired) electrons. The standard InChI is InChI=1S/C33H37N3O5/c1-22-18-36(19-23-9-3-2-4-10-23)20-24(22)17-34-32(39)30(15-16-31(37)38)35-33(40)41-21-29-27-13-7-5-11-25(27)26-12-6-8-14-28(26)29/h2-14,22,24,29-30H,15-21H2,1H3,(H,34,39)(H,35,40)(H,37,38). The Morgan fingerprint density at radius 1 is 0.927 bits per heavy atom. The quantitative estimate of drug-likeness (QED) is 0.318. The lowest BCUT2D eigenvalue weighted by atomic mass is 9.98. The first-order valence-corrected chi connectivity index (χ1v) is 14.3. The number of hydrogen-bond acceptors (Lipinski definition) is 5. The highest BCUT2D eigenvalue weighted by molar-refractivity contribution is 5.86. The number of rotatable bonds is 11. The highest BCUT2D eigenvalue weighted by Crippen LogP contribution is 2.44. The Hall–Kier alpha value is -4.17. The second-order valence-corrected chi connectivity index (χ2v) is 11.1. The van der Waals surface area contributed by atoms with Crippen molar-refractivity contribution in [2.45, 2.75) is 38.3 Å². The summed E-state index contributed by atoms with van der Waals surface area (Å²) in [4.78, 5) is 39.6. The smallest absolute Gasteiger partial charge is 0.407 e. The summed E-state index contributed by atoms with van der Waals surface area (Å²) < 4.78 is 5.61. The van der Waals surface area contributed by atoms with Gasteiger partial charge < -0.3 is 20.5 Å². The molecule has 1 aliphatic heterocycles. The molecule has 2 aliphatic rings. The molecule has 5 rings (SSSR count). The van der Waals surface area contributed by atoms with Gasteiger partial charge in [-0.3, -0.25) is 14.5 Å². The summed E-state index contributed by atoms with van der Waals surface area (Å²) in [7, 11) is 0. The van der Waals surface area contributed by atoms with E-state index < -0.39 is 24.0 Å². The number of carboxylic acids is 1. The number of carbonyl (C=O) groups excluding carboxylic acids is 2. The minimum absolute atomic E-state index is 0.0221. The molecule has 214 valence electrons. The zero-order chi connectivity index (χ0) is 28.8. The molecule has 3 unspecified atom stereocenters. The van der Waals surface area contributed by atoms with Gasteiger partial charge >= 0.3 is 12.1 Å². The fourth-order valence-electron chi connectivity index (χ4n) is 6.05. The molecule has 3 aromatic rings. The van der Waals surface area contributed by atoms with Gasteiger partial charge in [-0.15, -0.1) is 0 Å². The van der Waals surface area contributed by atoms with Gasteiger partial charge in [-0.2, -0.15) is 0 Å². The molecule has 8 nitrogen and oxygen atoms in total. The van der Waals surface area contributed by atoms with Gasteiger partial charge in [-0.05, 0) is 46.1 Å². The summed E-state index contributed by atoms with van der Waals surface area (Å²) in [6.45, 7) is 5.41. The third-order valence-electron chi connectivity index (χ3n) is 8.23. The Kier molecular flexibility index (Phi) is 8.99. The molecule has 3 N–H and O–H groups in total. The van der Waals surface area contributed by atoms with Crippen molar-refractivity contribution in [3.05, 3.63) is 95.6 Å². The average Bonchev–Trinajstić information content (AvgIpc) is 3.49. The molecule has 0 saturated carbocycles. The van der Waals surface area contributed by atoms with Crippen molar-refractivity contribution in [2.24, 2.45) is 11.8 Å². The molecule has 3 atom stereocenters. The summed E-state index contributed by atoms with van der Waals surface area (Å²) in [5.41, 5.74) is 5.69. The first-order valence-electron chi connectivity index (χ1n) is 14.3. The Morgan fingerprint density at radius 2 is 1.56 bits per heavy atom. The van der Waals surface area contributed by atoms with Crippen LogP contribution in [0.15, 0.2) is 78.9 Å². The maximum absolute atomic E-state index is 13.1. The Morgan fingerprint density at radius 3 is 2.22 bits per heavy atom. The van der Waals surface area contributed by atoms with Crippen molar-refractivity contribution in [3.8, 4) is 11.1 Å². The minimum Gasteiger partial charge on any atom is -0.481 e. The van der Waals surface area contributed by atoms with Crippen LogP contribution in [0.3, 0.4) is 0 Å². The van der Waals surface area contributed by atoms with Crippen LogP contribution < -0.4 is 10.6 Å². The third-order valence-corrected chi connectivity index (χ3v) is 8.23. The predicted molar refractivity (Wildman–Crippen MR) is 156 cm³/mol. The zero-order valence-corrected chi connectivity index (χ0v) is 23.3. The number of fused-ring (bicyclic) bond motifs is 3. The normalized spacial score (nSPS) is 18.8. The lowest BCUT2D eigenvalue weighted by Gasteiger charge is -2.21. The second kappa shape index (κ2) is 13.0. The lowest BCUT2D eigenvalue weighted by Crippen LogP contribution is -2.48. The maximum atomic E-state index is 13.1. The Labute approximate surface area is 240 Å². The van der Waals surface area contributed by atoms with Crippen LogP contribution in [-0.2, 0) is 20.9 Å². The number of amides is 2. The van der Waals surface area contributed by atoms with E-state index in [1.165, 1.54) is 5.56 Å². The van der Waals surface area contributed by atoms with Gasteiger partial charge in [-0.25, -0.2) is 4.79 Å². The number of nitrogens with zero attached hydrogens (tertiary/aromatic N) is 1. The molecule has 0 aromatic heterocycles. The molecule has 1 heterocycles. The molecule has 1 fully saturated rings. The average molecular weight is 556 g/mol. The first kappa shape index (κ1) is 28.4. The van der Waals surface area contributed by atoms with Gasteiger partial charge in [0.25, 0.3) is 0 Å². The monoisotopic (exact) mass is 555 g/mol. The summed E-state index contributed by atoms with van der Waals surface area (Å²) in [5, 5.41) is 14.8. The molecule has 1 aliphatic carbocycles. The van der Waals surface area contributed by atoms with Crippen LogP contribution in [0, 0.1) is 11.8 Å². The van der Waals surface area contributed by atoms with Gasteiger partial charge in [0.2, 0.25) is 5.91 Å². The van der Waals surface area contributed by atoms with Gasteiger partial charge in [0, 0.05) is 38.5 Å². The fraction of sp³-hybridized carbons (Fsp3) is 0.364. The van der Waals surface area contributed by atoms with E-state index in [1.807, 2.05) is 54.6 Å². The van der Waals surface area contributed by atoms with Crippen LogP contribution in [0.4, 0.5) is 4.79 Å². The Bertz CT molecular complexity index is 1330. The van der Waals surface area contributed by atoms with Crippen LogP contribution >= 0.6 is 0 Å². The van der Waals surface area contributed by atoms with E-state index in [0.29, 0.717) is 12.5 Å². The molecule has 41 heavy (non-hydrogen) atoms. The zero-order valence-electron chi connectivity index (χ0n) is 23.3. The van der Waals surface area contributed by atoms with Crippen molar-refractivity contribution in [3.63, 3.8) is 0 Å². The van der Waals surface area contributed by atoms with Crippen LogP contribution in [0.2, 0.25) is 0 Å². The number of likely N-dealkylation sites (tertiary alicyclic amines) is 1. The van der Waals surface area contributed by atoms with E-state index in [2.05, 4.69) is 46.7 Å². The van der Waals surface area contributed by atoms with Gasteiger partial charge in [-0.1, -0.05) is 85.8 Å². The fourth-order valence-corrected chi connectivity index (χ4v) is 6.05. The largest absolute Gasteiger partial charge is 0.481 e. The minimum atomic E-state index is -1.03. The molecule has 0 bridgehead atoms. The highest BCUT2D eigenvalue weighted by atomic mass is 16.5. The summed E-state index contributed by atoms with van der Waals surface area (Å²) in [5.74, 6) is -0.877.